The molecule has 74 valence electrons. The van der Waals surface area contributed by atoms with Crippen LogP contribution in [0.25, 0.3) is 0 Å². The summed E-state index contributed by atoms with van der Waals surface area (Å²) >= 11 is 0. The van der Waals surface area contributed by atoms with Gasteiger partial charge in [0.1, 0.15) is 0 Å². The Labute approximate surface area is 75.9 Å². The van der Waals surface area contributed by atoms with Gasteiger partial charge in [0.05, 0.1) is 13.2 Å². The maximum absolute atomic E-state index is 11.2. The van der Waals surface area contributed by atoms with Crippen molar-refractivity contribution in [2.24, 2.45) is 10.9 Å². The minimum Gasteiger partial charge on any atom is -0.453 e. The van der Waals surface area contributed by atoms with Crippen molar-refractivity contribution in [1.82, 2.24) is 4.90 Å². The minimum atomic E-state index is -0.436. The van der Waals surface area contributed by atoms with E-state index >= 15 is 0 Å². The molecule has 0 spiro atoms. The van der Waals surface area contributed by atoms with E-state index in [2.05, 4.69) is 9.89 Å². The molecular formula is C7H13N3O3. The first-order valence-corrected chi connectivity index (χ1v) is 4.02. The molecule has 0 aliphatic carbocycles. The third-order valence-electron chi connectivity index (χ3n) is 2.12. The van der Waals surface area contributed by atoms with Gasteiger partial charge >= 0.3 is 6.09 Å². The van der Waals surface area contributed by atoms with E-state index in [0.717, 1.165) is 6.42 Å². The Hall–Kier alpha value is -1.46. The molecule has 0 aromatic carbocycles. The number of rotatable bonds is 1. The molecule has 0 aromatic rings. The lowest BCUT2D eigenvalue weighted by molar-refractivity contribution is 0.126. The number of oxime groups is 1. The van der Waals surface area contributed by atoms with E-state index in [9.17, 15) is 4.79 Å². The van der Waals surface area contributed by atoms with Gasteiger partial charge in [-0.25, -0.2) is 4.79 Å². The quantitative estimate of drug-likeness (QED) is 0.261. The van der Waals surface area contributed by atoms with Gasteiger partial charge in [0.15, 0.2) is 5.84 Å². The SMILES string of the molecule is COC(=O)N1CCCC1C(N)=NO. The van der Waals surface area contributed by atoms with Crippen LogP contribution in [-0.4, -0.2) is 41.7 Å². The third-order valence-corrected chi connectivity index (χ3v) is 2.12. The first-order chi connectivity index (χ1) is 6.20. The molecule has 1 heterocycles. The summed E-state index contributed by atoms with van der Waals surface area (Å²) in [4.78, 5) is 12.6. The van der Waals surface area contributed by atoms with Crippen LogP contribution in [0.1, 0.15) is 12.8 Å². The molecule has 0 saturated carbocycles. The lowest BCUT2D eigenvalue weighted by atomic mass is 10.2. The van der Waals surface area contributed by atoms with Crippen molar-refractivity contribution >= 4 is 11.9 Å². The van der Waals surface area contributed by atoms with Gasteiger partial charge in [0, 0.05) is 6.54 Å². The predicted octanol–water partition coefficient (Wildman–Crippen LogP) is -0.0364. The number of nitrogens with zero attached hydrogens (tertiary/aromatic N) is 2. The van der Waals surface area contributed by atoms with Crippen LogP contribution in [0.15, 0.2) is 5.16 Å². The number of hydrogen-bond acceptors (Lipinski definition) is 4. The van der Waals surface area contributed by atoms with Crippen molar-refractivity contribution in [3.05, 3.63) is 0 Å². The Bertz CT molecular complexity index is 229. The molecule has 1 atom stereocenters. The number of amides is 1. The maximum atomic E-state index is 11.2. The summed E-state index contributed by atoms with van der Waals surface area (Å²) in [7, 11) is 1.31. The van der Waals surface area contributed by atoms with E-state index in [1.165, 1.54) is 12.0 Å². The summed E-state index contributed by atoms with van der Waals surface area (Å²) in [5.41, 5.74) is 5.41. The molecule has 3 N–H and O–H groups in total. The van der Waals surface area contributed by atoms with Gasteiger partial charge < -0.3 is 15.7 Å². The molecule has 0 bridgehead atoms. The number of methoxy groups -OCH3 is 1. The van der Waals surface area contributed by atoms with Crippen molar-refractivity contribution in [2.45, 2.75) is 18.9 Å². The third kappa shape index (κ3) is 1.82. The number of ether oxygens (including phenoxy) is 1. The van der Waals surface area contributed by atoms with E-state index in [4.69, 9.17) is 10.9 Å². The fraction of sp³-hybridized carbons (Fsp3) is 0.714. The number of carbonyl (C=O) groups is 1. The Kier molecular flexibility index (Phi) is 2.94. The Morgan fingerprint density at radius 2 is 2.46 bits per heavy atom. The molecule has 6 heteroatoms. The standard InChI is InChI=1S/C7H13N3O3/c1-13-7(11)10-4-2-3-5(10)6(8)9-12/h5,12H,2-4H2,1H3,(H2,8,9). The van der Waals surface area contributed by atoms with Crippen molar-refractivity contribution in [2.75, 3.05) is 13.7 Å². The van der Waals surface area contributed by atoms with Crippen molar-refractivity contribution in [1.29, 1.82) is 0 Å². The van der Waals surface area contributed by atoms with E-state index in [0.29, 0.717) is 13.0 Å². The second-order valence-corrected chi connectivity index (χ2v) is 2.85. The van der Waals surface area contributed by atoms with Crippen LogP contribution >= 0.6 is 0 Å². The second-order valence-electron chi connectivity index (χ2n) is 2.85. The number of hydrogen-bond donors (Lipinski definition) is 2. The molecule has 1 amide bonds. The molecule has 1 unspecified atom stereocenters. The highest BCUT2D eigenvalue weighted by Crippen LogP contribution is 2.17. The lowest BCUT2D eigenvalue weighted by Crippen LogP contribution is -2.43. The number of amidine groups is 1. The molecule has 1 aliphatic rings. The molecule has 1 rings (SSSR count). The summed E-state index contributed by atoms with van der Waals surface area (Å²) in [6.07, 6.45) is 1.12. The molecule has 1 fully saturated rings. The van der Waals surface area contributed by atoms with Crippen molar-refractivity contribution in [3.63, 3.8) is 0 Å². The van der Waals surface area contributed by atoms with Crippen LogP contribution in [0.2, 0.25) is 0 Å². The summed E-state index contributed by atoms with van der Waals surface area (Å²) in [5.74, 6) is 0.0582. The summed E-state index contributed by atoms with van der Waals surface area (Å²) in [6, 6.07) is -0.322. The maximum Gasteiger partial charge on any atom is 0.410 e. The average Bonchev–Trinajstić information content (AvgIpc) is 2.63. The molecule has 0 radical (unpaired) electrons. The van der Waals surface area contributed by atoms with Gasteiger partial charge in [-0.05, 0) is 12.8 Å². The predicted molar refractivity (Wildman–Crippen MR) is 45.5 cm³/mol. The molecular weight excluding hydrogens is 174 g/mol. The Balaban J connectivity index is 2.69. The molecule has 13 heavy (non-hydrogen) atoms. The van der Waals surface area contributed by atoms with Crippen LogP contribution in [-0.2, 0) is 4.74 Å². The van der Waals surface area contributed by atoms with E-state index in [-0.39, 0.29) is 11.9 Å². The van der Waals surface area contributed by atoms with Crippen LogP contribution in [0.5, 0.6) is 0 Å². The molecule has 6 nitrogen and oxygen atoms in total. The second kappa shape index (κ2) is 3.97. The zero-order valence-corrected chi connectivity index (χ0v) is 7.43. The first-order valence-electron chi connectivity index (χ1n) is 4.02. The van der Waals surface area contributed by atoms with Gasteiger partial charge in [-0.2, -0.15) is 0 Å². The van der Waals surface area contributed by atoms with Gasteiger partial charge in [0.25, 0.3) is 0 Å². The van der Waals surface area contributed by atoms with Crippen molar-refractivity contribution in [3.8, 4) is 0 Å². The van der Waals surface area contributed by atoms with Gasteiger partial charge in [0.2, 0.25) is 0 Å². The van der Waals surface area contributed by atoms with E-state index < -0.39 is 6.09 Å². The fourth-order valence-corrected chi connectivity index (χ4v) is 1.48. The average molecular weight is 187 g/mol. The van der Waals surface area contributed by atoms with Crippen LogP contribution in [0.4, 0.5) is 4.79 Å². The summed E-state index contributed by atoms with van der Waals surface area (Å²) < 4.78 is 4.55. The van der Waals surface area contributed by atoms with E-state index in [1.807, 2.05) is 0 Å². The lowest BCUT2D eigenvalue weighted by Gasteiger charge is -2.21. The topological polar surface area (TPSA) is 88.2 Å². The van der Waals surface area contributed by atoms with E-state index in [1.54, 1.807) is 0 Å². The molecule has 0 aromatic heterocycles. The van der Waals surface area contributed by atoms with Gasteiger partial charge in [-0.3, -0.25) is 4.90 Å². The van der Waals surface area contributed by atoms with Crippen LogP contribution in [0.3, 0.4) is 0 Å². The number of likely N-dealkylation sites (tertiary alicyclic amines) is 1. The smallest absolute Gasteiger partial charge is 0.410 e. The Morgan fingerprint density at radius 3 is 3.00 bits per heavy atom. The molecule has 1 aliphatic heterocycles. The summed E-state index contributed by atoms with van der Waals surface area (Å²) in [5, 5.41) is 11.3. The zero-order valence-electron chi connectivity index (χ0n) is 7.43. The highest BCUT2D eigenvalue weighted by atomic mass is 16.5. The largest absolute Gasteiger partial charge is 0.453 e. The Morgan fingerprint density at radius 1 is 1.77 bits per heavy atom. The number of carbonyl (C=O) groups excluding carboxylic acids is 1. The highest BCUT2D eigenvalue weighted by molar-refractivity contribution is 5.88. The number of nitrogens with two attached hydrogens (primary N) is 1. The van der Waals surface area contributed by atoms with Crippen molar-refractivity contribution < 1.29 is 14.7 Å². The molecule has 1 saturated heterocycles. The normalized spacial score (nSPS) is 23.3. The zero-order chi connectivity index (χ0) is 9.84. The van der Waals surface area contributed by atoms with Crippen LogP contribution < -0.4 is 5.73 Å². The monoisotopic (exact) mass is 187 g/mol. The summed E-state index contributed by atoms with van der Waals surface area (Å²) in [6.45, 7) is 0.591. The minimum absolute atomic E-state index is 0.0582. The first kappa shape index (κ1) is 9.63. The van der Waals surface area contributed by atoms with Gasteiger partial charge in [-0.15, -0.1) is 0 Å². The van der Waals surface area contributed by atoms with Crippen LogP contribution in [0, 0.1) is 0 Å². The van der Waals surface area contributed by atoms with Gasteiger partial charge in [-0.1, -0.05) is 5.16 Å². The highest BCUT2D eigenvalue weighted by Gasteiger charge is 2.32. The fourth-order valence-electron chi connectivity index (χ4n) is 1.48.